The SMILES string of the molecule is CC[C@H](C)NC(=O)CN1CCN(Cn2ncc3cc([N+](=O)[O-])ccc32)CC1. The van der Waals surface area contributed by atoms with Gasteiger partial charge in [-0.15, -0.1) is 0 Å². The third-order valence-corrected chi connectivity index (χ3v) is 5.02. The van der Waals surface area contributed by atoms with Gasteiger partial charge in [-0.05, 0) is 19.4 Å². The molecule has 1 saturated heterocycles. The van der Waals surface area contributed by atoms with E-state index in [1.54, 1.807) is 18.3 Å². The number of nitro groups is 1. The topological polar surface area (TPSA) is 96.5 Å². The number of hydrogen-bond acceptors (Lipinski definition) is 6. The average Bonchev–Trinajstić information content (AvgIpc) is 3.05. The Hall–Kier alpha value is -2.52. The van der Waals surface area contributed by atoms with Crippen molar-refractivity contribution in [3.8, 4) is 0 Å². The largest absolute Gasteiger partial charge is 0.353 e. The van der Waals surface area contributed by atoms with Gasteiger partial charge >= 0.3 is 0 Å². The summed E-state index contributed by atoms with van der Waals surface area (Å²) in [6, 6.07) is 5.01. The summed E-state index contributed by atoms with van der Waals surface area (Å²) < 4.78 is 1.87. The molecule has 27 heavy (non-hydrogen) atoms. The molecule has 0 radical (unpaired) electrons. The maximum atomic E-state index is 12.0. The molecule has 2 aromatic rings. The molecule has 1 aromatic heterocycles. The van der Waals surface area contributed by atoms with E-state index in [9.17, 15) is 14.9 Å². The van der Waals surface area contributed by atoms with Crippen molar-refractivity contribution in [2.45, 2.75) is 33.0 Å². The summed E-state index contributed by atoms with van der Waals surface area (Å²) in [6.07, 6.45) is 2.60. The van der Waals surface area contributed by atoms with Crippen molar-refractivity contribution in [3.05, 3.63) is 34.5 Å². The molecule has 146 valence electrons. The highest BCUT2D eigenvalue weighted by atomic mass is 16.6. The first kappa shape index (κ1) is 19.2. The van der Waals surface area contributed by atoms with Gasteiger partial charge in [0.25, 0.3) is 5.69 Å². The van der Waals surface area contributed by atoms with E-state index in [2.05, 4.69) is 27.1 Å². The fourth-order valence-electron chi connectivity index (χ4n) is 3.20. The molecule has 0 unspecified atom stereocenters. The molecule has 0 aliphatic carbocycles. The first-order valence-electron chi connectivity index (χ1n) is 9.30. The number of hydrogen-bond donors (Lipinski definition) is 1. The number of piperazine rings is 1. The predicted molar refractivity (Wildman–Crippen MR) is 102 cm³/mol. The molecule has 1 amide bonds. The van der Waals surface area contributed by atoms with Crippen LogP contribution in [-0.2, 0) is 11.5 Å². The van der Waals surface area contributed by atoms with Crippen molar-refractivity contribution in [1.29, 1.82) is 0 Å². The lowest BCUT2D eigenvalue weighted by Crippen LogP contribution is -2.50. The monoisotopic (exact) mass is 374 g/mol. The van der Waals surface area contributed by atoms with Crippen molar-refractivity contribution in [1.82, 2.24) is 24.9 Å². The number of nitrogens with zero attached hydrogens (tertiary/aromatic N) is 5. The lowest BCUT2D eigenvalue weighted by Gasteiger charge is -2.34. The highest BCUT2D eigenvalue weighted by Crippen LogP contribution is 2.21. The number of aromatic nitrogens is 2. The zero-order valence-corrected chi connectivity index (χ0v) is 15.8. The molecule has 1 aliphatic heterocycles. The molecule has 2 heterocycles. The molecule has 1 aliphatic rings. The normalized spacial score (nSPS) is 17.1. The average molecular weight is 374 g/mol. The zero-order chi connectivity index (χ0) is 19.4. The Balaban J connectivity index is 1.53. The van der Waals surface area contributed by atoms with Crippen LogP contribution in [0.3, 0.4) is 0 Å². The summed E-state index contributed by atoms with van der Waals surface area (Å²) in [5.41, 5.74) is 0.960. The minimum Gasteiger partial charge on any atom is -0.353 e. The van der Waals surface area contributed by atoms with E-state index < -0.39 is 4.92 Å². The zero-order valence-electron chi connectivity index (χ0n) is 15.8. The number of nitro benzene ring substituents is 1. The lowest BCUT2D eigenvalue weighted by atomic mass is 10.2. The molecular formula is C18H26N6O3. The standard InChI is InChI=1S/C18H26N6O3/c1-3-14(2)20-18(25)12-21-6-8-22(9-7-21)13-23-17-5-4-16(24(26)27)10-15(17)11-19-23/h4-5,10-11,14H,3,6-9,12-13H2,1-2H3,(H,20,25)/t14-/m0/s1. The molecule has 1 aromatic carbocycles. The minimum atomic E-state index is -0.395. The maximum Gasteiger partial charge on any atom is 0.270 e. The van der Waals surface area contributed by atoms with E-state index in [1.807, 2.05) is 11.6 Å². The quantitative estimate of drug-likeness (QED) is 0.582. The summed E-state index contributed by atoms with van der Waals surface area (Å²) >= 11 is 0. The molecule has 0 spiro atoms. The summed E-state index contributed by atoms with van der Waals surface area (Å²) in [5.74, 6) is 0.0810. The Morgan fingerprint density at radius 1 is 1.30 bits per heavy atom. The Bertz CT molecular complexity index is 813. The number of rotatable bonds is 7. The van der Waals surface area contributed by atoms with Crippen LogP contribution in [0, 0.1) is 10.1 Å². The summed E-state index contributed by atoms with van der Waals surface area (Å²) in [5, 5.41) is 19.0. The predicted octanol–water partition coefficient (Wildman–Crippen LogP) is 1.43. The number of carbonyl (C=O) groups excluding carboxylic acids is 1. The third kappa shape index (κ3) is 4.81. The summed E-state index contributed by atoms with van der Waals surface area (Å²) in [7, 11) is 0. The van der Waals surface area contributed by atoms with Crippen molar-refractivity contribution >= 4 is 22.5 Å². The number of nitrogens with one attached hydrogen (secondary N) is 1. The molecule has 1 N–H and O–H groups in total. The smallest absolute Gasteiger partial charge is 0.270 e. The van der Waals surface area contributed by atoms with Crippen LogP contribution < -0.4 is 5.32 Å². The van der Waals surface area contributed by atoms with E-state index >= 15 is 0 Å². The molecule has 3 rings (SSSR count). The number of amides is 1. The van der Waals surface area contributed by atoms with Crippen LogP contribution in [0.1, 0.15) is 20.3 Å². The van der Waals surface area contributed by atoms with Crippen molar-refractivity contribution < 1.29 is 9.72 Å². The molecule has 1 atom stereocenters. The van der Waals surface area contributed by atoms with Gasteiger partial charge in [0.1, 0.15) is 0 Å². The van der Waals surface area contributed by atoms with Crippen molar-refractivity contribution in [2.75, 3.05) is 32.7 Å². The number of non-ortho nitro benzene ring substituents is 1. The van der Waals surface area contributed by atoms with Crippen LogP contribution in [-0.4, -0.2) is 69.2 Å². The van der Waals surface area contributed by atoms with Gasteiger partial charge in [-0.2, -0.15) is 5.10 Å². The second kappa shape index (κ2) is 8.45. The fourth-order valence-corrected chi connectivity index (χ4v) is 3.20. The van der Waals surface area contributed by atoms with Crippen LogP contribution in [0.15, 0.2) is 24.4 Å². The minimum absolute atomic E-state index is 0.0753. The van der Waals surface area contributed by atoms with Gasteiger partial charge in [0, 0.05) is 49.7 Å². The van der Waals surface area contributed by atoms with E-state index in [0.717, 1.165) is 43.5 Å². The first-order chi connectivity index (χ1) is 13.0. The van der Waals surface area contributed by atoms with Gasteiger partial charge in [0.05, 0.1) is 29.9 Å². The molecular weight excluding hydrogens is 348 g/mol. The van der Waals surface area contributed by atoms with E-state index in [0.29, 0.717) is 13.2 Å². The van der Waals surface area contributed by atoms with Gasteiger partial charge in [0.15, 0.2) is 0 Å². The first-order valence-corrected chi connectivity index (χ1v) is 9.30. The van der Waals surface area contributed by atoms with Crippen LogP contribution in [0.4, 0.5) is 5.69 Å². The van der Waals surface area contributed by atoms with Gasteiger partial charge in [-0.1, -0.05) is 6.92 Å². The van der Waals surface area contributed by atoms with E-state index in [4.69, 9.17) is 0 Å². The van der Waals surface area contributed by atoms with Crippen LogP contribution in [0.2, 0.25) is 0 Å². The number of carbonyl (C=O) groups is 1. The highest BCUT2D eigenvalue weighted by molar-refractivity contribution is 5.81. The van der Waals surface area contributed by atoms with Crippen molar-refractivity contribution in [2.24, 2.45) is 0 Å². The molecule has 0 bridgehead atoms. The fraction of sp³-hybridized carbons (Fsp3) is 0.556. The summed E-state index contributed by atoms with van der Waals surface area (Å²) in [4.78, 5) is 26.9. The van der Waals surface area contributed by atoms with Gasteiger partial charge < -0.3 is 5.32 Å². The van der Waals surface area contributed by atoms with E-state index in [-0.39, 0.29) is 17.6 Å². The Kier molecular flexibility index (Phi) is 6.02. The number of fused-ring (bicyclic) bond motifs is 1. The highest BCUT2D eigenvalue weighted by Gasteiger charge is 2.20. The van der Waals surface area contributed by atoms with Gasteiger partial charge in [-0.3, -0.25) is 29.4 Å². The van der Waals surface area contributed by atoms with E-state index in [1.165, 1.54) is 6.07 Å². The Labute approximate surface area is 158 Å². The van der Waals surface area contributed by atoms with Crippen molar-refractivity contribution in [3.63, 3.8) is 0 Å². The van der Waals surface area contributed by atoms with Crippen LogP contribution in [0.5, 0.6) is 0 Å². The molecule has 1 fully saturated rings. The number of benzene rings is 1. The van der Waals surface area contributed by atoms with Gasteiger partial charge in [-0.25, -0.2) is 0 Å². The molecule has 9 heteroatoms. The van der Waals surface area contributed by atoms with Crippen LogP contribution >= 0.6 is 0 Å². The lowest BCUT2D eigenvalue weighted by molar-refractivity contribution is -0.384. The Morgan fingerprint density at radius 2 is 2.00 bits per heavy atom. The second-order valence-corrected chi connectivity index (χ2v) is 7.06. The van der Waals surface area contributed by atoms with Gasteiger partial charge in [0.2, 0.25) is 5.91 Å². The maximum absolute atomic E-state index is 12.0. The second-order valence-electron chi connectivity index (χ2n) is 7.06. The summed E-state index contributed by atoms with van der Waals surface area (Å²) in [6.45, 7) is 8.51. The molecule has 9 nitrogen and oxygen atoms in total. The third-order valence-electron chi connectivity index (χ3n) is 5.02. The van der Waals surface area contributed by atoms with Crippen LogP contribution in [0.25, 0.3) is 10.9 Å². The Morgan fingerprint density at radius 3 is 2.67 bits per heavy atom. The molecule has 0 saturated carbocycles.